The minimum absolute atomic E-state index is 0.0258. The van der Waals surface area contributed by atoms with E-state index in [0.717, 1.165) is 53.9 Å². The highest BCUT2D eigenvalue weighted by atomic mass is 16.3. The molecule has 2 aromatic carbocycles. The Kier molecular flexibility index (Phi) is 4.76. The Morgan fingerprint density at radius 1 is 1.27 bits per heavy atom. The first-order valence-electron chi connectivity index (χ1n) is 9.26. The molecule has 5 nitrogen and oxygen atoms in total. The van der Waals surface area contributed by atoms with Crippen LogP contribution in [0.4, 0.5) is 5.69 Å². The summed E-state index contributed by atoms with van der Waals surface area (Å²) in [5, 5.41) is 16.0. The molecule has 1 fully saturated rings. The molecule has 0 bridgehead atoms. The number of carbonyl (C=O) groups excluding carboxylic acids is 1. The van der Waals surface area contributed by atoms with Gasteiger partial charge in [0.05, 0.1) is 6.61 Å². The van der Waals surface area contributed by atoms with Crippen molar-refractivity contribution >= 4 is 11.6 Å². The largest absolute Gasteiger partial charge is 0.392 e. The van der Waals surface area contributed by atoms with E-state index >= 15 is 0 Å². The summed E-state index contributed by atoms with van der Waals surface area (Å²) in [6.45, 7) is 2.19. The second kappa shape index (κ2) is 7.19. The van der Waals surface area contributed by atoms with Gasteiger partial charge in [-0.2, -0.15) is 0 Å². The van der Waals surface area contributed by atoms with Crippen molar-refractivity contribution < 1.29 is 9.90 Å². The number of benzene rings is 2. The molecule has 2 aromatic rings. The van der Waals surface area contributed by atoms with Crippen molar-refractivity contribution in [3.63, 3.8) is 0 Å². The van der Waals surface area contributed by atoms with Gasteiger partial charge in [0, 0.05) is 24.7 Å². The van der Waals surface area contributed by atoms with Crippen LogP contribution in [-0.4, -0.2) is 17.6 Å². The monoisotopic (exact) mass is 351 g/mol. The highest BCUT2D eigenvalue weighted by Crippen LogP contribution is 2.48. The van der Waals surface area contributed by atoms with Crippen LogP contribution in [0.1, 0.15) is 40.2 Å². The summed E-state index contributed by atoms with van der Waals surface area (Å²) in [7, 11) is 0. The number of hydrogen-bond acceptors (Lipinski definition) is 4. The van der Waals surface area contributed by atoms with E-state index in [2.05, 4.69) is 22.8 Å². The zero-order chi connectivity index (χ0) is 18.1. The van der Waals surface area contributed by atoms with Crippen molar-refractivity contribution in [2.24, 2.45) is 11.7 Å². The molecule has 0 radical (unpaired) electrons. The third kappa shape index (κ3) is 3.26. The van der Waals surface area contributed by atoms with Crippen molar-refractivity contribution in [1.29, 1.82) is 0 Å². The van der Waals surface area contributed by atoms with Crippen LogP contribution in [0.25, 0.3) is 0 Å². The van der Waals surface area contributed by atoms with Crippen molar-refractivity contribution in [2.75, 3.05) is 11.9 Å². The van der Waals surface area contributed by atoms with E-state index in [1.807, 2.05) is 24.3 Å². The maximum Gasteiger partial charge on any atom is 0.228 e. The molecule has 136 valence electrons. The predicted molar refractivity (Wildman–Crippen MR) is 102 cm³/mol. The maximum absolute atomic E-state index is 12.8. The normalized spacial score (nSPS) is 21.2. The maximum atomic E-state index is 12.8. The van der Waals surface area contributed by atoms with E-state index in [1.54, 1.807) is 0 Å². The highest BCUT2D eigenvalue weighted by Gasteiger charge is 2.44. The number of aliphatic hydroxyl groups excluding tert-OH is 1. The molecule has 0 unspecified atom stereocenters. The van der Waals surface area contributed by atoms with Crippen molar-refractivity contribution in [3.8, 4) is 0 Å². The molecule has 1 aliphatic carbocycles. The summed E-state index contributed by atoms with van der Waals surface area (Å²) in [6.07, 6.45) is 1.75. The number of fused-ring (bicyclic) bond motifs is 1. The van der Waals surface area contributed by atoms with Gasteiger partial charge in [-0.1, -0.05) is 30.3 Å². The number of anilines is 1. The van der Waals surface area contributed by atoms with Crippen LogP contribution < -0.4 is 16.4 Å². The highest BCUT2D eigenvalue weighted by molar-refractivity contribution is 5.96. The molecule has 2 aliphatic rings. The van der Waals surface area contributed by atoms with Crippen molar-refractivity contribution in [3.05, 3.63) is 64.2 Å². The van der Waals surface area contributed by atoms with E-state index < -0.39 is 0 Å². The minimum Gasteiger partial charge on any atom is -0.392 e. The number of nitrogens with one attached hydrogen (secondary N) is 2. The van der Waals surface area contributed by atoms with Gasteiger partial charge in [-0.25, -0.2) is 0 Å². The van der Waals surface area contributed by atoms with Gasteiger partial charge >= 0.3 is 0 Å². The Morgan fingerprint density at radius 2 is 2.15 bits per heavy atom. The molecule has 5 N–H and O–H groups in total. The summed E-state index contributed by atoms with van der Waals surface area (Å²) < 4.78 is 0. The fraction of sp³-hybridized carbons (Fsp3) is 0.381. The number of carbonyl (C=O) groups is 1. The number of rotatable bonds is 5. The molecule has 1 saturated carbocycles. The van der Waals surface area contributed by atoms with Gasteiger partial charge in [0.2, 0.25) is 5.91 Å². The van der Waals surface area contributed by atoms with E-state index in [-0.39, 0.29) is 24.3 Å². The first kappa shape index (κ1) is 17.2. The van der Waals surface area contributed by atoms with Crippen LogP contribution in [0.3, 0.4) is 0 Å². The molecule has 1 amide bonds. The third-order valence-corrected chi connectivity index (χ3v) is 5.55. The molecule has 5 heteroatoms. The zero-order valence-corrected chi connectivity index (χ0v) is 14.8. The van der Waals surface area contributed by atoms with E-state index in [0.29, 0.717) is 6.54 Å². The van der Waals surface area contributed by atoms with Crippen LogP contribution in [0, 0.1) is 5.92 Å². The second-order valence-corrected chi connectivity index (χ2v) is 7.20. The van der Waals surface area contributed by atoms with Crippen molar-refractivity contribution in [2.45, 2.75) is 38.5 Å². The Hall–Kier alpha value is -2.21. The summed E-state index contributed by atoms with van der Waals surface area (Å²) >= 11 is 0. The summed E-state index contributed by atoms with van der Waals surface area (Å²) in [5.41, 5.74) is 12.1. The molecule has 0 spiro atoms. The molecule has 1 heterocycles. The van der Waals surface area contributed by atoms with Gasteiger partial charge in [0.15, 0.2) is 0 Å². The van der Waals surface area contributed by atoms with E-state index in [1.165, 1.54) is 5.56 Å². The standard InChI is InChI=1S/C21H25N3O2/c22-10-13-2-1-3-14(8-13)17-9-18(17)21(26)24-20-5-4-15(12-25)19-11-23-7-6-16(19)20/h1-5,8,17-18,23,25H,6-7,9-12,22H2,(H,24,26)/t17-,18+/m0/s1. The number of aliphatic hydroxyl groups is 1. The molecular formula is C21H25N3O2. The van der Waals surface area contributed by atoms with Gasteiger partial charge in [-0.05, 0) is 59.2 Å². The van der Waals surface area contributed by atoms with Crippen LogP contribution in [0.5, 0.6) is 0 Å². The third-order valence-electron chi connectivity index (χ3n) is 5.55. The van der Waals surface area contributed by atoms with Gasteiger partial charge < -0.3 is 21.5 Å². The van der Waals surface area contributed by atoms with Gasteiger partial charge in [-0.3, -0.25) is 4.79 Å². The number of hydrogen-bond donors (Lipinski definition) is 4. The molecule has 26 heavy (non-hydrogen) atoms. The molecular weight excluding hydrogens is 326 g/mol. The SMILES string of the molecule is NCc1cccc([C@@H]2C[C@H]2C(=O)Nc2ccc(CO)c3c2CCNC3)c1. The fourth-order valence-corrected chi connectivity index (χ4v) is 3.97. The van der Waals surface area contributed by atoms with Crippen molar-refractivity contribution in [1.82, 2.24) is 5.32 Å². The number of amides is 1. The molecule has 4 rings (SSSR count). The summed E-state index contributed by atoms with van der Waals surface area (Å²) in [4.78, 5) is 12.8. The average Bonchev–Trinajstić information content (AvgIpc) is 3.49. The Labute approximate surface area is 153 Å². The zero-order valence-electron chi connectivity index (χ0n) is 14.8. The quantitative estimate of drug-likeness (QED) is 0.664. The van der Waals surface area contributed by atoms with Gasteiger partial charge in [0.1, 0.15) is 0 Å². The molecule has 2 atom stereocenters. The van der Waals surface area contributed by atoms with Gasteiger partial charge in [-0.15, -0.1) is 0 Å². The molecule has 1 aliphatic heterocycles. The molecule has 0 saturated heterocycles. The van der Waals surface area contributed by atoms with Crippen LogP contribution in [-0.2, 0) is 30.9 Å². The Morgan fingerprint density at radius 3 is 2.96 bits per heavy atom. The lowest BCUT2D eigenvalue weighted by atomic mass is 9.94. The van der Waals surface area contributed by atoms with E-state index in [9.17, 15) is 9.90 Å². The van der Waals surface area contributed by atoms with Crippen LogP contribution in [0.2, 0.25) is 0 Å². The van der Waals surface area contributed by atoms with E-state index in [4.69, 9.17) is 5.73 Å². The van der Waals surface area contributed by atoms with Crippen LogP contribution in [0.15, 0.2) is 36.4 Å². The molecule has 0 aromatic heterocycles. The first-order chi connectivity index (χ1) is 12.7. The van der Waals surface area contributed by atoms with Crippen LogP contribution >= 0.6 is 0 Å². The topological polar surface area (TPSA) is 87.4 Å². The lowest BCUT2D eigenvalue weighted by molar-refractivity contribution is -0.117. The Bertz CT molecular complexity index is 834. The predicted octanol–water partition coefficient (Wildman–Crippen LogP) is 2.03. The first-order valence-corrected chi connectivity index (χ1v) is 9.26. The second-order valence-electron chi connectivity index (χ2n) is 7.20. The lowest BCUT2D eigenvalue weighted by Crippen LogP contribution is -2.27. The summed E-state index contributed by atoms with van der Waals surface area (Å²) in [5.74, 6) is 0.402. The number of nitrogens with two attached hydrogens (primary N) is 1. The Balaban J connectivity index is 1.49. The average molecular weight is 351 g/mol. The summed E-state index contributed by atoms with van der Waals surface area (Å²) in [6, 6.07) is 12.1. The lowest BCUT2D eigenvalue weighted by Gasteiger charge is -2.23. The smallest absolute Gasteiger partial charge is 0.228 e. The minimum atomic E-state index is 0.0258. The van der Waals surface area contributed by atoms with Gasteiger partial charge in [0.25, 0.3) is 0 Å². The fourth-order valence-electron chi connectivity index (χ4n) is 3.97.